The molecule has 0 saturated heterocycles. The monoisotopic (exact) mass is 218 g/mol. The van der Waals surface area contributed by atoms with Gasteiger partial charge in [-0.3, -0.25) is 4.98 Å². The maximum absolute atomic E-state index is 11.0. The van der Waals surface area contributed by atoms with E-state index in [1.54, 1.807) is 19.3 Å². The van der Waals surface area contributed by atoms with Crippen molar-refractivity contribution in [2.75, 3.05) is 0 Å². The van der Waals surface area contributed by atoms with Crippen LogP contribution in [0, 0.1) is 6.92 Å². The van der Waals surface area contributed by atoms with Gasteiger partial charge < -0.3 is 9.63 Å². The largest absolute Gasteiger partial charge is 0.477 e. The molecule has 0 aliphatic heterocycles. The van der Waals surface area contributed by atoms with Crippen LogP contribution < -0.4 is 0 Å². The molecular formula is C11H10N2O3. The second kappa shape index (κ2) is 4.14. The number of aromatic nitrogens is 2. The molecule has 0 aliphatic rings. The third-order valence-electron chi connectivity index (χ3n) is 2.27. The first-order valence-electron chi connectivity index (χ1n) is 4.76. The second-order valence-electron chi connectivity index (χ2n) is 3.40. The van der Waals surface area contributed by atoms with Gasteiger partial charge in [0.15, 0.2) is 0 Å². The molecule has 5 heteroatoms. The Morgan fingerprint density at radius 1 is 1.44 bits per heavy atom. The van der Waals surface area contributed by atoms with Crippen LogP contribution in [0.25, 0.3) is 0 Å². The topological polar surface area (TPSA) is 76.2 Å². The number of nitrogens with zero attached hydrogens (tertiary/aromatic N) is 2. The Bertz CT molecular complexity index is 505. The van der Waals surface area contributed by atoms with Gasteiger partial charge in [0, 0.05) is 18.8 Å². The van der Waals surface area contributed by atoms with Crippen LogP contribution in [-0.4, -0.2) is 21.2 Å². The van der Waals surface area contributed by atoms with E-state index in [0.717, 1.165) is 5.56 Å². The third-order valence-corrected chi connectivity index (χ3v) is 2.27. The number of hydrogen-bond donors (Lipinski definition) is 1. The lowest BCUT2D eigenvalue weighted by Gasteiger charge is -1.97. The van der Waals surface area contributed by atoms with E-state index in [-0.39, 0.29) is 5.56 Å². The summed E-state index contributed by atoms with van der Waals surface area (Å²) in [7, 11) is 0. The molecule has 0 aliphatic carbocycles. The van der Waals surface area contributed by atoms with Gasteiger partial charge in [-0.15, -0.1) is 0 Å². The molecule has 0 spiro atoms. The van der Waals surface area contributed by atoms with E-state index in [2.05, 4.69) is 10.1 Å². The summed E-state index contributed by atoms with van der Waals surface area (Å²) < 4.78 is 4.88. The van der Waals surface area contributed by atoms with Gasteiger partial charge in [0.05, 0.1) is 0 Å². The highest BCUT2D eigenvalue weighted by Crippen LogP contribution is 2.16. The van der Waals surface area contributed by atoms with Crippen LogP contribution in [0.4, 0.5) is 0 Å². The van der Waals surface area contributed by atoms with Crippen LogP contribution in [-0.2, 0) is 6.42 Å². The Kier molecular flexibility index (Phi) is 2.68. The summed E-state index contributed by atoms with van der Waals surface area (Å²) in [5.41, 5.74) is 1.54. The Hall–Kier alpha value is -2.17. The normalized spacial score (nSPS) is 10.3. The number of carboxylic acids is 1. The molecule has 0 unspecified atom stereocenters. The maximum atomic E-state index is 11.0. The molecule has 16 heavy (non-hydrogen) atoms. The van der Waals surface area contributed by atoms with Crippen LogP contribution in [0.15, 0.2) is 29.0 Å². The summed E-state index contributed by atoms with van der Waals surface area (Å²) in [6, 6.07) is 3.63. The van der Waals surface area contributed by atoms with Gasteiger partial charge in [-0.1, -0.05) is 5.16 Å². The van der Waals surface area contributed by atoms with Crippen LogP contribution >= 0.6 is 0 Å². The van der Waals surface area contributed by atoms with E-state index in [4.69, 9.17) is 9.63 Å². The summed E-state index contributed by atoms with van der Waals surface area (Å²) >= 11 is 0. The first kappa shape index (κ1) is 10.4. The van der Waals surface area contributed by atoms with Crippen molar-refractivity contribution < 1.29 is 14.4 Å². The van der Waals surface area contributed by atoms with E-state index < -0.39 is 5.97 Å². The molecule has 0 radical (unpaired) electrons. The molecule has 0 atom stereocenters. The van der Waals surface area contributed by atoms with E-state index in [9.17, 15) is 4.79 Å². The van der Waals surface area contributed by atoms with Crippen molar-refractivity contribution >= 4 is 5.97 Å². The van der Waals surface area contributed by atoms with Crippen LogP contribution in [0.5, 0.6) is 0 Å². The average molecular weight is 218 g/mol. The molecule has 0 amide bonds. The SMILES string of the molecule is Cc1onc(Cc2ccncc2)c1C(=O)O. The molecule has 0 bridgehead atoms. The fourth-order valence-corrected chi connectivity index (χ4v) is 1.51. The minimum atomic E-state index is -1.01. The zero-order chi connectivity index (χ0) is 11.5. The highest BCUT2D eigenvalue weighted by Gasteiger charge is 2.19. The number of carbonyl (C=O) groups is 1. The van der Waals surface area contributed by atoms with Gasteiger partial charge >= 0.3 is 5.97 Å². The van der Waals surface area contributed by atoms with Gasteiger partial charge in [0.1, 0.15) is 17.0 Å². The number of carboxylic acid groups (broad SMARTS) is 1. The predicted octanol–water partition coefficient (Wildman–Crippen LogP) is 1.67. The summed E-state index contributed by atoms with van der Waals surface area (Å²) in [4.78, 5) is 14.9. The average Bonchev–Trinajstić information content (AvgIpc) is 2.61. The molecule has 0 aromatic carbocycles. The van der Waals surface area contributed by atoms with E-state index in [1.807, 2.05) is 12.1 Å². The van der Waals surface area contributed by atoms with Crippen molar-refractivity contribution in [1.29, 1.82) is 0 Å². The molecular weight excluding hydrogens is 208 g/mol. The smallest absolute Gasteiger partial charge is 0.341 e. The molecule has 2 aromatic heterocycles. The Balaban J connectivity index is 2.32. The zero-order valence-electron chi connectivity index (χ0n) is 8.67. The second-order valence-corrected chi connectivity index (χ2v) is 3.40. The van der Waals surface area contributed by atoms with Gasteiger partial charge in [-0.05, 0) is 24.6 Å². The molecule has 0 fully saturated rings. The van der Waals surface area contributed by atoms with E-state index in [1.165, 1.54) is 0 Å². The summed E-state index contributed by atoms with van der Waals surface area (Å²) in [5, 5.41) is 12.8. The number of aromatic carboxylic acids is 1. The van der Waals surface area contributed by atoms with Crippen molar-refractivity contribution in [3.63, 3.8) is 0 Å². The maximum Gasteiger partial charge on any atom is 0.341 e. The minimum absolute atomic E-state index is 0.150. The number of rotatable bonds is 3. The van der Waals surface area contributed by atoms with Crippen molar-refractivity contribution in [3.8, 4) is 0 Å². The number of aryl methyl sites for hydroxylation is 1. The third kappa shape index (κ3) is 1.93. The lowest BCUT2D eigenvalue weighted by atomic mass is 10.1. The molecule has 82 valence electrons. The van der Waals surface area contributed by atoms with Gasteiger partial charge in [-0.2, -0.15) is 0 Å². The van der Waals surface area contributed by atoms with Gasteiger partial charge in [-0.25, -0.2) is 4.79 Å². The molecule has 1 N–H and O–H groups in total. The fourth-order valence-electron chi connectivity index (χ4n) is 1.51. The molecule has 2 aromatic rings. The highest BCUT2D eigenvalue weighted by atomic mass is 16.5. The van der Waals surface area contributed by atoms with E-state index in [0.29, 0.717) is 17.9 Å². The Morgan fingerprint density at radius 3 is 2.75 bits per heavy atom. The Morgan fingerprint density at radius 2 is 2.12 bits per heavy atom. The van der Waals surface area contributed by atoms with Crippen LogP contribution in [0.3, 0.4) is 0 Å². The first-order chi connectivity index (χ1) is 7.68. The van der Waals surface area contributed by atoms with Crippen molar-refractivity contribution in [2.24, 2.45) is 0 Å². The standard InChI is InChI=1S/C11H10N2O3/c1-7-10(11(14)15)9(13-16-7)6-8-2-4-12-5-3-8/h2-5H,6H2,1H3,(H,14,15). The molecule has 0 saturated carbocycles. The summed E-state index contributed by atoms with van der Waals surface area (Å²) in [5.74, 6) is -0.681. The van der Waals surface area contributed by atoms with Crippen molar-refractivity contribution in [2.45, 2.75) is 13.3 Å². The predicted molar refractivity (Wildman–Crippen MR) is 55.2 cm³/mol. The highest BCUT2D eigenvalue weighted by molar-refractivity contribution is 5.89. The lowest BCUT2D eigenvalue weighted by molar-refractivity contribution is 0.0694. The van der Waals surface area contributed by atoms with Crippen LogP contribution in [0.2, 0.25) is 0 Å². The van der Waals surface area contributed by atoms with Crippen molar-refractivity contribution in [1.82, 2.24) is 10.1 Å². The first-order valence-corrected chi connectivity index (χ1v) is 4.76. The van der Waals surface area contributed by atoms with E-state index >= 15 is 0 Å². The molecule has 5 nitrogen and oxygen atoms in total. The number of pyridine rings is 1. The fraction of sp³-hybridized carbons (Fsp3) is 0.182. The van der Waals surface area contributed by atoms with Crippen LogP contribution in [0.1, 0.15) is 27.4 Å². The quantitative estimate of drug-likeness (QED) is 0.847. The minimum Gasteiger partial charge on any atom is -0.477 e. The lowest BCUT2D eigenvalue weighted by Crippen LogP contribution is -2.02. The zero-order valence-corrected chi connectivity index (χ0v) is 8.67. The summed E-state index contributed by atoms with van der Waals surface area (Å²) in [6.45, 7) is 1.59. The van der Waals surface area contributed by atoms with Crippen molar-refractivity contribution in [3.05, 3.63) is 47.1 Å². The van der Waals surface area contributed by atoms with Gasteiger partial charge in [0.25, 0.3) is 0 Å². The molecule has 2 heterocycles. The number of hydrogen-bond acceptors (Lipinski definition) is 4. The summed E-state index contributed by atoms with van der Waals surface area (Å²) in [6.07, 6.45) is 3.74. The molecule has 2 rings (SSSR count). The Labute approximate surface area is 91.7 Å². The van der Waals surface area contributed by atoms with Gasteiger partial charge in [0.2, 0.25) is 0 Å².